The van der Waals surface area contributed by atoms with Gasteiger partial charge in [0.05, 0.1) is 5.02 Å². The molecule has 5 nitrogen and oxygen atoms in total. The molecule has 1 aromatic carbocycles. The van der Waals surface area contributed by atoms with Gasteiger partial charge in [-0.15, -0.1) is 12.4 Å². The third-order valence-corrected chi connectivity index (χ3v) is 4.73. The molecule has 0 radical (unpaired) electrons. The summed E-state index contributed by atoms with van der Waals surface area (Å²) in [4.78, 5) is 14.8. The topological polar surface area (TPSA) is 58.4 Å². The Balaban J connectivity index is 0.00000208. The van der Waals surface area contributed by atoms with Gasteiger partial charge in [0.2, 0.25) is 0 Å². The number of hydrogen-bond acceptors (Lipinski definition) is 4. The van der Waals surface area contributed by atoms with Crippen LogP contribution in [0.4, 0.5) is 0 Å². The number of carbonyl (C=O) groups excluding carboxylic acids is 1. The quantitative estimate of drug-likeness (QED) is 0.898. The third-order valence-electron chi connectivity index (χ3n) is 4.40. The predicted octanol–water partition coefficient (Wildman–Crippen LogP) is 3.55. The average molecular weight is 370 g/mol. The first-order chi connectivity index (χ1) is 11.1. The van der Waals surface area contributed by atoms with Crippen molar-refractivity contribution in [2.75, 3.05) is 20.1 Å². The maximum atomic E-state index is 12.9. The molecule has 1 amide bonds. The fourth-order valence-electron chi connectivity index (χ4n) is 2.99. The van der Waals surface area contributed by atoms with Crippen LogP contribution < -0.4 is 5.32 Å². The number of benzene rings is 1. The van der Waals surface area contributed by atoms with Gasteiger partial charge < -0.3 is 14.7 Å². The van der Waals surface area contributed by atoms with E-state index in [2.05, 4.69) is 10.5 Å². The molecule has 0 spiro atoms. The van der Waals surface area contributed by atoms with E-state index >= 15 is 0 Å². The SMILES string of the molecule is CNC1CCN(C(=O)c2c(-c3ccccc3Cl)noc2C)CC1.Cl. The van der Waals surface area contributed by atoms with Gasteiger partial charge in [-0.25, -0.2) is 0 Å². The van der Waals surface area contributed by atoms with E-state index in [9.17, 15) is 4.79 Å². The molecule has 1 N–H and O–H groups in total. The first kappa shape index (κ1) is 18.8. The summed E-state index contributed by atoms with van der Waals surface area (Å²) < 4.78 is 5.29. The lowest BCUT2D eigenvalue weighted by Gasteiger charge is -2.31. The molecule has 7 heteroatoms. The highest BCUT2D eigenvalue weighted by Crippen LogP contribution is 2.32. The van der Waals surface area contributed by atoms with Crippen LogP contribution in [0, 0.1) is 6.92 Å². The van der Waals surface area contributed by atoms with Crippen LogP contribution in [0.3, 0.4) is 0 Å². The van der Waals surface area contributed by atoms with E-state index in [0.717, 1.165) is 31.5 Å². The molecule has 0 unspecified atom stereocenters. The van der Waals surface area contributed by atoms with Crippen LogP contribution in [0.2, 0.25) is 5.02 Å². The van der Waals surface area contributed by atoms with Crippen molar-refractivity contribution in [1.82, 2.24) is 15.4 Å². The summed E-state index contributed by atoms with van der Waals surface area (Å²) in [6, 6.07) is 7.84. The second-order valence-corrected chi connectivity index (χ2v) is 6.20. The van der Waals surface area contributed by atoms with Crippen LogP contribution in [0.15, 0.2) is 28.8 Å². The number of piperidine rings is 1. The van der Waals surface area contributed by atoms with Gasteiger partial charge in [0.1, 0.15) is 17.0 Å². The van der Waals surface area contributed by atoms with E-state index in [1.165, 1.54) is 0 Å². The second kappa shape index (κ2) is 8.01. The fourth-order valence-corrected chi connectivity index (χ4v) is 3.22. The molecule has 1 fully saturated rings. The molecule has 130 valence electrons. The van der Waals surface area contributed by atoms with Crippen molar-refractivity contribution >= 4 is 29.9 Å². The van der Waals surface area contributed by atoms with Gasteiger partial charge in [0.15, 0.2) is 0 Å². The van der Waals surface area contributed by atoms with Gasteiger partial charge in [-0.2, -0.15) is 0 Å². The number of hydrogen-bond donors (Lipinski definition) is 1. The summed E-state index contributed by atoms with van der Waals surface area (Å²) in [7, 11) is 1.96. The zero-order chi connectivity index (χ0) is 16.4. The van der Waals surface area contributed by atoms with Gasteiger partial charge in [0.25, 0.3) is 5.91 Å². The molecule has 2 aromatic rings. The van der Waals surface area contributed by atoms with E-state index in [0.29, 0.717) is 28.1 Å². The Labute approximate surface area is 152 Å². The Bertz CT molecular complexity index is 710. The van der Waals surface area contributed by atoms with Gasteiger partial charge in [-0.3, -0.25) is 4.79 Å². The highest BCUT2D eigenvalue weighted by molar-refractivity contribution is 6.33. The summed E-state index contributed by atoms with van der Waals surface area (Å²) in [6.45, 7) is 3.23. The molecule has 24 heavy (non-hydrogen) atoms. The minimum atomic E-state index is -0.0341. The van der Waals surface area contributed by atoms with Gasteiger partial charge >= 0.3 is 0 Å². The van der Waals surface area contributed by atoms with Crippen LogP contribution in [0.25, 0.3) is 11.3 Å². The number of carbonyl (C=O) groups is 1. The number of aromatic nitrogens is 1. The summed E-state index contributed by atoms with van der Waals surface area (Å²) in [5, 5.41) is 7.90. The number of halogens is 2. The summed E-state index contributed by atoms with van der Waals surface area (Å²) in [5.41, 5.74) is 1.76. The number of aryl methyl sites for hydroxylation is 1. The van der Waals surface area contributed by atoms with Crippen molar-refractivity contribution in [3.05, 3.63) is 40.6 Å². The molecule has 0 saturated carbocycles. The summed E-state index contributed by atoms with van der Waals surface area (Å²) in [6.07, 6.45) is 1.90. The molecule has 0 bridgehead atoms. The first-order valence-electron chi connectivity index (χ1n) is 7.79. The molecule has 2 heterocycles. The molecule has 1 aliphatic heterocycles. The number of likely N-dealkylation sites (tertiary alicyclic amines) is 1. The maximum Gasteiger partial charge on any atom is 0.259 e. The molecule has 1 saturated heterocycles. The van der Waals surface area contributed by atoms with Crippen LogP contribution in [-0.4, -0.2) is 42.1 Å². The van der Waals surface area contributed by atoms with Gasteiger partial charge in [-0.05, 0) is 32.9 Å². The van der Waals surface area contributed by atoms with E-state index in [1.807, 2.05) is 30.1 Å². The molecular weight excluding hydrogens is 349 g/mol. The van der Waals surface area contributed by atoms with Crippen LogP contribution in [0.5, 0.6) is 0 Å². The number of rotatable bonds is 3. The molecule has 1 aliphatic rings. The smallest absolute Gasteiger partial charge is 0.259 e. The van der Waals surface area contributed by atoms with Crippen LogP contribution in [0.1, 0.15) is 29.0 Å². The lowest BCUT2D eigenvalue weighted by atomic mass is 10.0. The fraction of sp³-hybridized carbons (Fsp3) is 0.412. The highest BCUT2D eigenvalue weighted by atomic mass is 35.5. The Hall–Kier alpha value is -1.56. The van der Waals surface area contributed by atoms with Crippen LogP contribution in [-0.2, 0) is 0 Å². The molecule has 0 atom stereocenters. The highest BCUT2D eigenvalue weighted by Gasteiger charge is 2.29. The van der Waals surface area contributed by atoms with Crippen molar-refractivity contribution in [1.29, 1.82) is 0 Å². The Morgan fingerprint density at radius 3 is 2.62 bits per heavy atom. The Morgan fingerprint density at radius 1 is 1.33 bits per heavy atom. The molecular formula is C17H21Cl2N3O2. The minimum Gasteiger partial charge on any atom is -0.360 e. The van der Waals surface area contributed by atoms with E-state index in [4.69, 9.17) is 16.1 Å². The minimum absolute atomic E-state index is 0. The molecule has 3 rings (SSSR count). The largest absolute Gasteiger partial charge is 0.360 e. The van der Waals surface area contributed by atoms with Gasteiger partial charge in [0, 0.05) is 24.7 Å². The molecule has 0 aliphatic carbocycles. The zero-order valence-electron chi connectivity index (χ0n) is 13.7. The van der Waals surface area contributed by atoms with E-state index in [1.54, 1.807) is 13.0 Å². The maximum absolute atomic E-state index is 12.9. The average Bonchev–Trinajstić information content (AvgIpc) is 2.96. The Kier molecular flexibility index (Phi) is 6.27. The summed E-state index contributed by atoms with van der Waals surface area (Å²) in [5.74, 6) is 0.494. The third kappa shape index (κ3) is 3.58. The van der Waals surface area contributed by atoms with E-state index in [-0.39, 0.29) is 18.3 Å². The number of amides is 1. The number of nitrogens with one attached hydrogen (secondary N) is 1. The van der Waals surface area contributed by atoms with Crippen molar-refractivity contribution in [3.63, 3.8) is 0 Å². The zero-order valence-corrected chi connectivity index (χ0v) is 15.3. The lowest BCUT2D eigenvalue weighted by Crippen LogP contribution is -2.44. The summed E-state index contributed by atoms with van der Waals surface area (Å²) >= 11 is 6.25. The normalized spacial score (nSPS) is 15.2. The van der Waals surface area contributed by atoms with Crippen molar-refractivity contribution in [2.24, 2.45) is 0 Å². The lowest BCUT2D eigenvalue weighted by molar-refractivity contribution is 0.0706. The predicted molar refractivity (Wildman–Crippen MR) is 96.9 cm³/mol. The monoisotopic (exact) mass is 369 g/mol. The van der Waals surface area contributed by atoms with Crippen molar-refractivity contribution in [2.45, 2.75) is 25.8 Å². The Morgan fingerprint density at radius 2 is 2.00 bits per heavy atom. The van der Waals surface area contributed by atoms with Crippen LogP contribution >= 0.6 is 24.0 Å². The van der Waals surface area contributed by atoms with Crippen molar-refractivity contribution in [3.8, 4) is 11.3 Å². The first-order valence-corrected chi connectivity index (χ1v) is 8.17. The molecule has 1 aromatic heterocycles. The second-order valence-electron chi connectivity index (χ2n) is 5.80. The van der Waals surface area contributed by atoms with Gasteiger partial charge in [-0.1, -0.05) is 35.0 Å². The number of nitrogens with zero attached hydrogens (tertiary/aromatic N) is 2. The van der Waals surface area contributed by atoms with E-state index < -0.39 is 0 Å². The standard InChI is InChI=1S/C17H20ClN3O2.ClH/c1-11-15(17(22)21-9-7-12(19-2)8-10-21)16(20-23-11)13-5-3-4-6-14(13)18;/h3-6,12,19H,7-10H2,1-2H3;1H. The van der Waals surface area contributed by atoms with Crippen molar-refractivity contribution < 1.29 is 9.32 Å².